The summed E-state index contributed by atoms with van der Waals surface area (Å²) in [6.07, 6.45) is 2.19. The van der Waals surface area contributed by atoms with Gasteiger partial charge in [-0.05, 0) is 18.6 Å². The normalized spacial score (nSPS) is 18.3. The summed E-state index contributed by atoms with van der Waals surface area (Å²) in [6.45, 7) is 3.33. The molecular weight excluding hydrogens is 240 g/mol. The molecule has 0 aromatic rings. The SMILES string of the molecule is CCC[C@@H](NC(=O)N1CCCSCC1)C(=O)O. The van der Waals surface area contributed by atoms with Crippen LogP contribution in [0.1, 0.15) is 26.2 Å². The number of hydrogen-bond donors (Lipinski definition) is 2. The third-order valence-electron chi connectivity index (χ3n) is 2.68. The van der Waals surface area contributed by atoms with Gasteiger partial charge in [0.15, 0.2) is 0 Å². The molecular formula is C11H20N2O3S. The molecule has 1 atom stereocenters. The van der Waals surface area contributed by atoms with Crippen LogP contribution in [0.15, 0.2) is 0 Å². The smallest absolute Gasteiger partial charge is 0.326 e. The number of urea groups is 1. The number of carbonyl (C=O) groups is 2. The maximum Gasteiger partial charge on any atom is 0.326 e. The molecule has 98 valence electrons. The maximum atomic E-state index is 11.9. The van der Waals surface area contributed by atoms with Gasteiger partial charge in [-0.1, -0.05) is 13.3 Å². The summed E-state index contributed by atoms with van der Waals surface area (Å²) >= 11 is 1.83. The summed E-state index contributed by atoms with van der Waals surface area (Å²) in [4.78, 5) is 24.5. The van der Waals surface area contributed by atoms with Crippen molar-refractivity contribution in [3.63, 3.8) is 0 Å². The lowest BCUT2D eigenvalue weighted by atomic mass is 10.2. The maximum absolute atomic E-state index is 11.9. The molecule has 1 saturated heterocycles. The number of thioether (sulfide) groups is 1. The molecule has 2 N–H and O–H groups in total. The van der Waals surface area contributed by atoms with Crippen molar-refractivity contribution >= 4 is 23.8 Å². The number of aliphatic carboxylic acids is 1. The highest BCUT2D eigenvalue weighted by atomic mass is 32.2. The van der Waals surface area contributed by atoms with Crippen LogP contribution in [0.4, 0.5) is 4.79 Å². The Hall–Kier alpha value is -0.910. The summed E-state index contributed by atoms with van der Waals surface area (Å²) in [5, 5.41) is 11.6. The van der Waals surface area contributed by atoms with Gasteiger partial charge < -0.3 is 15.3 Å². The van der Waals surface area contributed by atoms with Crippen LogP contribution in [0.2, 0.25) is 0 Å². The van der Waals surface area contributed by atoms with E-state index in [0.29, 0.717) is 13.0 Å². The zero-order chi connectivity index (χ0) is 12.7. The molecule has 0 saturated carbocycles. The first-order chi connectivity index (χ1) is 8.15. The summed E-state index contributed by atoms with van der Waals surface area (Å²) < 4.78 is 0. The Morgan fingerprint density at radius 1 is 1.41 bits per heavy atom. The van der Waals surface area contributed by atoms with E-state index in [2.05, 4.69) is 5.32 Å². The van der Waals surface area contributed by atoms with Gasteiger partial charge in [0, 0.05) is 18.8 Å². The van der Waals surface area contributed by atoms with E-state index >= 15 is 0 Å². The van der Waals surface area contributed by atoms with E-state index in [1.807, 2.05) is 18.7 Å². The van der Waals surface area contributed by atoms with Crippen LogP contribution in [-0.4, -0.2) is 52.6 Å². The Balaban J connectivity index is 2.47. The van der Waals surface area contributed by atoms with Crippen molar-refractivity contribution < 1.29 is 14.7 Å². The highest BCUT2D eigenvalue weighted by molar-refractivity contribution is 7.99. The fraction of sp³-hybridized carbons (Fsp3) is 0.818. The third-order valence-corrected chi connectivity index (χ3v) is 3.73. The van der Waals surface area contributed by atoms with E-state index in [-0.39, 0.29) is 6.03 Å². The molecule has 1 fully saturated rings. The number of nitrogens with one attached hydrogen (secondary N) is 1. The zero-order valence-electron chi connectivity index (χ0n) is 10.1. The van der Waals surface area contributed by atoms with Crippen LogP contribution >= 0.6 is 11.8 Å². The quantitative estimate of drug-likeness (QED) is 0.801. The van der Waals surface area contributed by atoms with Gasteiger partial charge in [0.05, 0.1) is 0 Å². The van der Waals surface area contributed by atoms with E-state index in [1.54, 1.807) is 4.90 Å². The van der Waals surface area contributed by atoms with E-state index in [4.69, 9.17) is 5.11 Å². The molecule has 1 rings (SSSR count). The Morgan fingerprint density at radius 3 is 2.82 bits per heavy atom. The van der Waals surface area contributed by atoms with Gasteiger partial charge in [0.2, 0.25) is 0 Å². The second kappa shape index (κ2) is 7.42. The van der Waals surface area contributed by atoms with Gasteiger partial charge in [0.1, 0.15) is 6.04 Å². The largest absolute Gasteiger partial charge is 0.480 e. The van der Waals surface area contributed by atoms with Crippen molar-refractivity contribution in [3.8, 4) is 0 Å². The summed E-state index contributed by atoms with van der Waals surface area (Å²) in [7, 11) is 0. The zero-order valence-corrected chi connectivity index (χ0v) is 11.0. The van der Waals surface area contributed by atoms with Crippen LogP contribution < -0.4 is 5.32 Å². The van der Waals surface area contributed by atoms with Crippen LogP contribution in [-0.2, 0) is 4.79 Å². The number of amides is 2. The van der Waals surface area contributed by atoms with Crippen LogP contribution in [0.5, 0.6) is 0 Å². The molecule has 0 bridgehead atoms. The van der Waals surface area contributed by atoms with Crippen molar-refractivity contribution in [1.82, 2.24) is 10.2 Å². The predicted molar refractivity (Wildman–Crippen MR) is 68.4 cm³/mol. The second-order valence-electron chi connectivity index (χ2n) is 4.08. The topological polar surface area (TPSA) is 69.6 Å². The summed E-state index contributed by atoms with van der Waals surface area (Å²) in [5.41, 5.74) is 0. The Morgan fingerprint density at radius 2 is 2.18 bits per heavy atom. The van der Waals surface area contributed by atoms with Crippen LogP contribution in [0.25, 0.3) is 0 Å². The molecule has 1 aliphatic rings. The van der Waals surface area contributed by atoms with Crippen LogP contribution in [0.3, 0.4) is 0 Å². The fourth-order valence-electron chi connectivity index (χ4n) is 1.74. The molecule has 0 aromatic heterocycles. The van der Waals surface area contributed by atoms with Crippen molar-refractivity contribution in [1.29, 1.82) is 0 Å². The van der Waals surface area contributed by atoms with Gasteiger partial charge in [-0.25, -0.2) is 9.59 Å². The van der Waals surface area contributed by atoms with Gasteiger partial charge >= 0.3 is 12.0 Å². The van der Waals surface area contributed by atoms with Gasteiger partial charge in [-0.3, -0.25) is 0 Å². The van der Waals surface area contributed by atoms with Crippen molar-refractivity contribution in [2.75, 3.05) is 24.6 Å². The van der Waals surface area contributed by atoms with Crippen LogP contribution in [0, 0.1) is 0 Å². The number of hydrogen-bond acceptors (Lipinski definition) is 3. The molecule has 0 radical (unpaired) electrons. The van der Waals surface area contributed by atoms with E-state index in [0.717, 1.165) is 30.9 Å². The average Bonchev–Trinajstić information content (AvgIpc) is 2.56. The Labute approximate surface area is 106 Å². The Kier molecular flexibility index (Phi) is 6.18. The molecule has 0 aliphatic carbocycles. The lowest BCUT2D eigenvalue weighted by molar-refractivity contribution is -0.139. The lowest BCUT2D eigenvalue weighted by Crippen LogP contribution is -2.48. The predicted octanol–water partition coefficient (Wildman–Crippen LogP) is 1.39. The van der Waals surface area contributed by atoms with Crippen molar-refractivity contribution in [3.05, 3.63) is 0 Å². The Bertz CT molecular complexity index is 265. The number of carboxylic acids is 1. The fourth-order valence-corrected chi connectivity index (χ4v) is 2.62. The minimum Gasteiger partial charge on any atom is -0.480 e. The van der Waals surface area contributed by atoms with E-state index in [1.165, 1.54) is 0 Å². The summed E-state index contributed by atoms with van der Waals surface area (Å²) in [6, 6.07) is -1.00. The molecule has 1 heterocycles. The number of carbonyl (C=O) groups excluding carboxylic acids is 1. The monoisotopic (exact) mass is 260 g/mol. The van der Waals surface area contributed by atoms with E-state index in [9.17, 15) is 9.59 Å². The molecule has 0 spiro atoms. The van der Waals surface area contributed by atoms with Gasteiger partial charge in [-0.2, -0.15) is 11.8 Å². The van der Waals surface area contributed by atoms with E-state index < -0.39 is 12.0 Å². The molecule has 6 heteroatoms. The minimum atomic E-state index is -0.954. The molecule has 1 aliphatic heterocycles. The first kappa shape index (κ1) is 14.2. The van der Waals surface area contributed by atoms with Gasteiger partial charge in [-0.15, -0.1) is 0 Å². The first-order valence-corrected chi connectivity index (χ1v) is 7.16. The minimum absolute atomic E-state index is 0.242. The first-order valence-electron chi connectivity index (χ1n) is 6.01. The molecule has 0 unspecified atom stereocenters. The average molecular weight is 260 g/mol. The number of carboxylic acid groups (broad SMARTS) is 1. The number of nitrogens with zero attached hydrogens (tertiary/aromatic N) is 1. The highest BCUT2D eigenvalue weighted by Crippen LogP contribution is 2.10. The standard InChI is InChI=1S/C11H20N2O3S/c1-2-4-9(10(14)15)12-11(16)13-5-3-7-17-8-6-13/h9H,2-8H2,1H3,(H,12,16)(H,14,15)/t9-/m1/s1. The number of rotatable bonds is 4. The van der Waals surface area contributed by atoms with Gasteiger partial charge in [0.25, 0.3) is 0 Å². The highest BCUT2D eigenvalue weighted by Gasteiger charge is 2.22. The van der Waals surface area contributed by atoms with Crippen molar-refractivity contribution in [2.24, 2.45) is 0 Å². The lowest BCUT2D eigenvalue weighted by Gasteiger charge is -2.23. The molecule has 5 nitrogen and oxygen atoms in total. The second-order valence-corrected chi connectivity index (χ2v) is 5.31. The van der Waals surface area contributed by atoms with Crippen molar-refractivity contribution in [2.45, 2.75) is 32.2 Å². The molecule has 17 heavy (non-hydrogen) atoms. The third kappa shape index (κ3) is 4.85. The molecule has 0 aromatic carbocycles. The molecule has 2 amide bonds. The summed E-state index contributed by atoms with van der Waals surface area (Å²) in [5.74, 6) is 1.05.